The van der Waals surface area contributed by atoms with Crippen molar-refractivity contribution in [2.24, 2.45) is 11.5 Å². The fourth-order valence-electron chi connectivity index (χ4n) is 5.12. The van der Waals surface area contributed by atoms with Crippen molar-refractivity contribution in [2.45, 2.75) is 56.8 Å². The summed E-state index contributed by atoms with van der Waals surface area (Å²) >= 11 is 0. The summed E-state index contributed by atoms with van der Waals surface area (Å²) in [5.41, 5.74) is 13.2. The number of aromatic amines is 1. The zero-order valence-electron chi connectivity index (χ0n) is 26.4. The second-order valence-corrected chi connectivity index (χ2v) is 11.9. The van der Waals surface area contributed by atoms with E-state index in [0.717, 1.165) is 27.6 Å². The van der Waals surface area contributed by atoms with Gasteiger partial charge in [-0.05, 0) is 43.0 Å². The van der Waals surface area contributed by atoms with E-state index in [-0.39, 0.29) is 19.3 Å². The number of rotatable bonds is 15. The normalized spacial score (nSPS) is 13.2. The molecule has 1 aromatic heterocycles. The van der Waals surface area contributed by atoms with Gasteiger partial charge in [0.25, 0.3) is 0 Å². The number of amides is 5. The van der Waals surface area contributed by atoms with Crippen LogP contribution >= 0.6 is 0 Å². The van der Waals surface area contributed by atoms with Gasteiger partial charge < -0.3 is 37.7 Å². The first-order valence-electron chi connectivity index (χ1n) is 15.3. The van der Waals surface area contributed by atoms with Crippen molar-refractivity contribution >= 4 is 40.4 Å². The van der Waals surface area contributed by atoms with Gasteiger partial charge in [0.2, 0.25) is 29.5 Å². The number of primary amides is 1. The summed E-state index contributed by atoms with van der Waals surface area (Å²) in [6, 6.07) is 22.9. The van der Waals surface area contributed by atoms with E-state index in [1.54, 1.807) is 6.20 Å². The maximum atomic E-state index is 13.7. The highest BCUT2D eigenvalue weighted by molar-refractivity contribution is 5.97. The van der Waals surface area contributed by atoms with Gasteiger partial charge in [-0.15, -0.1) is 0 Å². The van der Waals surface area contributed by atoms with Crippen molar-refractivity contribution in [2.75, 3.05) is 6.54 Å². The Bertz CT molecular complexity index is 1710. The molecule has 0 aliphatic heterocycles. The molecule has 0 aliphatic rings. The number of hydrogen-bond acceptors (Lipinski definition) is 6. The average Bonchev–Trinajstić information content (AvgIpc) is 3.46. The van der Waals surface area contributed by atoms with Crippen LogP contribution in [0.4, 0.5) is 0 Å². The standard InChI is InChI=1S/C35H41N7O5/c1-35(2,34(47)41-29(32(45)39-21-30(37)43)19-24-20-38-27-16-10-9-15-25(24)27)42-33(46)28(18-23-13-7-4-8-14-23)40-31(44)26(36)17-22-11-5-3-6-12-22/h3-16,20,26,28-29,38H,17-19,21,36H2,1-2H3,(H2,37,43)(H,39,45)(H,40,44)(H,41,47)(H,42,46)/t26-,28-,29-/m0/s1. The number of nitrogens with two attached hydrogens (primary N) is 2. The Morgan fingerprint density at radius 3 is 1.94 bits per heavy atom. The maximum Gasteiger partial charge on any atom is 0.245 e. The Hall–Kier alpha value is -5.49. The third kappa shape index (κ3) is 9.75. The summed E-state index contributed by atoms with van der Waals surface area (Å²) in [5, 5.41) is 11.5. The summed E-state index contributed by atoms with van der Waals surface area (Å²) in [6.07, 6.45) is 2.26. The van der Waals surface area contributed by atoms with Gasteiger partial charge in [-0.2, -0.15) is 0 Å². The number of carbonyl (C=O) groups excluding carboxylic acids is 5. The smallest absolute Gasteiger partial charge is 0.245 e. The lowest BCUT2D eigenvalue weighted by Crippen LogP contribution is -2.62. The summed E-state index contributed by atoms with van der Waals surface area (Å²) in [6.45, 7) is 2.58. The van der Waals surface area contributed by atoms with Crippen LogP contribution in [0.3, 0.4) is 0 Å². The summed E-state index contributed by atoms with van der Waals surface area (Å²) < 4.78 is 0. The first-order chi connectivity index (χ1) is 22.4. The van der Waals surface area contributed by atoms with Crippen molar-refractivity contribution in [1.82, 2.24) is 26.3 Å². The molecule has 0 saturated carbocycles. The molecule has 0 saturated heterocycles. The van der Waals surface area contributed by atoms with Crippen molar-refractivity contribution in [3.05, 3.63) is 108 Å². The Morgan fingerprint density at radius 2 is 1.30 bits per heavy atom. The highest BCUT2D eigenvalue weighted by atomic mass is 16.2. The molecule has 1 heterocycles. The second-order valence-electron chi connectivity index (χ2n) is 11.9. The zero-order chi connectivity index (χ0) is 34.0. The van der Waals surface area contributed by atoms with Crippen LogP contribution in [-0.4, -0.2) is 64.7 Å². The van der Waals surface area contributed by atoms with Gasteiger partial charge in [0, 0.05) is 29.9 Å². The molecule has 12 heteroatoms. The average molecular weight is 640 g/mol. The van der Waals surface area contributed by atoms with Gasteiger partial charge >= 0.3 is 0 Å². The van der Waals surface area contributed by atoms with Crippen LogP contribution in [0.1, 0.15) is 30.5 Å². The lowest BCUT2D eigenvalue weighted by Gasteiger charge is -2.30. The predicted molar refractivity (Wildman–Crippen MR) is 179 cm³/mol. The van der Waals surface area contributed by atoms with Crippen LogP contribution in [0, 0.1) is 0 Å². The Balaban J connectivity index is 1.49. The third-order valence-corrected chi connectivity index (χ3v) is 7.71. The minimum atomic E-state index is -1.52. The number of carbonyl (C=O) groups is 5. The summed E-state index contributed by atoms with van der Waals surface area (Å²) in [7, 11) is 0. The third-order valence-electron chi connectivity index (χ3n) is 7.71. The van der Waals surface area contributed by atoms with Gasteiger partial charge in [0.15, 0.2) is 0 Å². The van der Waals surface area contributed by atoms with Gasteiger partial charge in [0.05, 0.1) is 12.6 Å². The van der Waals surface area contributed by atoms with E-state index in [1.165, 1.54) is 13.8 Å². The van der Waals surface area contributed by atoms with Crippen LogP contribution < -0.4 is 32.7 Å². The monoisotopic (exact) mass is 639 g/mol. The van der Waals surface area contributed by atoms with E-state index in [4.69, 9.17) is 11.5 Å². The van der Waals surface area contributed by atoms with Gasteiger partial charge in [-0.3, -0.25) is 24.0 Å². The minimum Gasteiger partial charge on any atom is -0.368 e. The molecule has 12 nitrogen and oxygen atoms in total. The Morgan fingerprint density at radius 1 is 0.723 bits per heavy atom. The largest absolute Gasteiger partial charge is 0.368 e. The number of benzene rings is 3. The zero-order valence-corrected chi connectivity index (χ0v) is 26.4. The second kappa shape index (κ2) is 15.7. The van der Waals surface area contributed by atoms with E-state index < -0.39 is 59.7 Å². The molecule has 0 bridgehead atoms. The number of para-hydroxylation sites is 1. The molecule has 47 heavy (non-hydrogen) atoms. The van der Waals surface area contributed by atoms with Crippen molar-refractivity contribution in [3.8, 4) is 0 Å². The van der Waals surface area contributed by atoms with E-state index in [2.05, 4.69) is 26.3 Å². The quantitative estimate of drug-likeness (QED) is 0.101. The highest BCUT2D eigenvalue weighted by Gasteiger charge is 2.36. The number of aromatic nitrogens is 1. The first kappa shape index (κ1) is 34.4. The van der Waals surface area contributed by atoms with Gasteiger partial charge in [0.1, 0.15) is 17.6 Å². The molecule has 0 fully saturated rings. The van der Waals surface area contributed by atoms with Crippen molar-refractivity contribution in [1.29, 1.82) is 0 Å². The molecule has 4 aromatic rings. The lowest BCUT2D eigenvalue weighted by atomic mass is 9.98. The molecule has 0 unspecified atom stereocenters. The molecular formula is C35H41N7O5. The van der Waals surface area contributed by atoms with Crippen LogP contribution in [0.5, 0.6) is 0 Å². The number of nitrogens with one attached hydrogen (secondary N) is 5. The maximum absolute atomic E-state index is 13.7. The van der Waals surface area contributed by atoms with Crippen molar-refractivity contribution in [3.63, 3.8) is 0 Å². The Kier molecular flexibility index (Phi) is 11.5. The van der Waals surface area contributed by atoms with Gasteiger partial charge in [-0.25, -0.2) is 0 Å². The SMILES string of the molecule is CC(C)(NC(=O)[C@H](Cc1ccccc1)NC(=O)[C@@H](N)Cc1ccccc1)C(=O)N[C@@H](Cc1c[nH]c2ccccc12)C(=O)NCC(N)=O. The topological polar surface area (TPSA) is 201 Å². The molecule has 246 valence electrons. The summed E-state index contributed by atoms with van der Waals surface area (Å²) in [5.74, 6) is -3.14. The number of fused-ring (bicyclic) bond motifs is 1. The molecule has 0 aliphatic carbocycles. The van der Waals surface area contributed by atoms with Crippen molar-refractivity contribution < 1.29 is 24.0 Å². The first-order valence-corrected chi connectivity index (χ1v) is 15.3. The molecule has 9 N–H and O–H groups in total. The van der Waals surface area contributed by atoms with E-state index in [0.29, 0.717) is 0 Å². The van der Waals surface area contributed by atoms with E-state index in [1.807, 2.05) is 84.9 Å². The molecule has 4 rings (SSSR count). The van der Waals surface area contributed by atoms with Crippen LogP contribution in [0.15, 0.2) is 91.1 Å². The van der Waals surface area contributed by atoms with Gasteiger partial charge in [-0.1, -0.05) is 78.9 Å². The predicted octanol–water partition coefficient (Wildman–Crippen LogP) is 0.989. The molecule has 3 atom stereocenters. The molecule has 3 aromatic carbocycles. The Labute approximate surface area is 273 Å². The van der Waals surface area contributed by atoms with E-state index in [9.17, 15) is 24.0 Å². The fraction of sp³-hybridized carbons (Fsp3) is 0.286. The number of H-pyrrole nitrogens is 1. The molecule has 0 spiro atoms. The van der Waals surface area contributed by atoms with E-state index >= 15 is 0 Å². The lowest BCUT2D eigenvalue weighted by molar-refractivity contribution is -0.136. The highest BCUT2D eigenvalue weighted by Crippen LogP contribution is 2.19. The number of hydrogen-bond donors (Lipinski definition) is 7. The minimum absolute atomic E-state index is 0.0936. The van der Waals surface area contributed by atoms with Crippen LogP contribution in [0.2, 0.25) is 0 Å². The van der Waals surface area contributed by atoms with Crippen LogP contribution in [-0.2, 0) is 43.2 Å². The molecule has 5 amide bonds. The van der Waals surface area contributed by atoms with Crippen LogP contribution in [0.25, 0.3) is 10.9 Å². The molecular weight excluding hydrogens is 598 g/mol. The summed E-state index contributed by atoms with van der Waals surface area (Å²) in [4.78, 5) is 68.1. The molecule has 0 radical (unpaired) electrons. The fourth-order valence-corrected chi connectivity index (χ4v) is 5.12.